The zero-order valence-electron chi connectivity index (χ0n) is 17.7. The van der Waals surface area contributed by atoms with Gasteiger partial charge in [0.05, 0.1) is 13.2 Å². The molecule has 0 N–H and O–H groups in total. The molecule has 0 heterocycles. The molecule has 0 unspecified atom stereocenters. The van der Waals surface area contributed by atoms with Crippen LogP contribution in [-0.4, -0.2) is 32.6 Å². The van der Waals surface area contributed by atoms with E-state index in [9.17, 15) is 13.2 Å². The summed E-state index contributed by atoms with van der Waals surface area (Å²) in [4.78, 5) is 0. The van der Waals surface area contributed by atoms with Crippen LogP contribution >= 0.6 is 34.8 Å². The van der Waals surface area contributed by atoms with Crippen molar-refractivity contribution in [2.24, 2.45) is 0 Å². The lowest BCUT2D eigenvalue weighted by Gasteiger charge is -2.17. The number of benzene rings is 1. The Morgan fingerprint density at radius 1 is 0.903 bits per heavy atom. The van der Waals surface area contributed by atoms with E-state index in [-0.39, 0.29) is 24.1 Å². The smallest absolute Gasteiger partial charge is 0.426 e. The third-order valence-corrected chi connectivity index (χ3v) is 4.93. The first-order valence-electron chi connectivity index (χ1n) is 10.1. The largest absolute Gasteiger partial charge is 0.493 e. The van der Waals surface area contributed by atoms with Crippen molar-refractivity contribution >= 4 is 34.8 Å². The Labute approximate surface area is 197 Å². The van der Waals surface area contributed by atoms with Crippen LogP contribution in [-0.2, 0) is 17.6 Å². The van der Waals surface area contributed by atoms with Crippen LogP contribution in [0, 0.1) is 0 Å². The van der Waals surface area contributed by atoms with E-state index >= 15 is 0 Å². The molecule has 1 rings (SSSR count). The highest BCUT2D eigenvalue weighted by molar-refractivity contribution is 6.55. The van der Waals surface area contributed by atoms with E-state index in [0.29, 0.717) is 13.2 Å². The van der Waals surface area contributed by atoms with Gasteiger partial charge in [0.15, 0.2) is 0 Å². The summed E-state index contributed by atoms with van der Waals surface area (Å²) in [5.74, 6) is 1.61. The SMILES string of the molecule is CCc1cc(OCC=C(Cl)Cl)cc(CC)c1OCCCCOCC/C=C(\Cl)C(F)(F)F. The number of aryl methyl sites for hydroxylation is 2. The maximum atomic E-state index is 12.2. The second-order valence-electron chi connectivity index (χ2n) is 6.59. The van der Waals surface area contributed by atoms with Crippen molar-refractivity contribution in [2.75, 3.05) is 26.4 Å². The normalized spacial score (nSPS) is 12.1. The standard InChI is InChI=1S/C22H28Cl3F3O3/c1-3-16-14-18(30-13-9-20(24)25)15-17(4-2)21(16)31-12-6-5-10-29-11-7-8-19(23)22(26,27)28/h8-9,14-15H,3-7,10-13H2,1-2H3/b19-8-. The lowest BCUT2D eigenvalue weighted by molar-refractivity contribution is -0.0848. The maximum Gasteiger partial charge on any atom is 0.426 e. The number of unbranched alkanes of at least 4 members (excludes halogenated alkanes) is 1. The van der Waals surface area contributed by atoms with E-state index in [4.69, 9.17) is 49.0 Å². The number of allylic oxidation sites excluding steroid dienone is 1. The van der Waals surface area contributed by atoms with Gasteiger partial charge in [0.1, 0.15) is 27.6 Å². The van der Waals surface area contributed by atoms with Crippen molar-refractivity contribution in [2.45, 2.75) is 52.1 Å². The summed E-state index contributed by atoms with van der Waals surface area (Å²) >= 11 is 16.3. The average molecular weight is 504 g/mol. The second kappa shape index (κ2) is 14.9. The number of hydrogen-bond donors (Lipinski definition) is 0. The van der Waals surface area contributed by atoms with Crippen molar-refractivity contribution < 1.29 is 27.4 Å². The van der Waals surface area contributed by atoms with Gasteiger partial charge in [-0.25, -0.2) is 0 Å². The summed E-state index contributed by atoms with van der Waals surface area (Å²) in [6, 6.07) is 3.90. The Balaban J connectivity index is 2.43. The van der Waals surface area contributed by atoms with Crippen molar-refractivity contribution in [1.82, 2.24) is 0 Å². The highest BCUT2D eigenvalue weighted by atomic mass is 35.5. The second-order valence-corrected chi connectivity index (χ2v) is 8.00. The number of rotatable bonds is 14. The van der Waals surface area contributed by atoms with E-state index in [1.54, 1.807) is 6.08 Å². The van der Waals surface area contributed by atoms with Gasteiger partial charge in [0, 0.05) is 6.61 Å². The Morgan fingerprint density at radius 2 is 1.52 bits per heavy atom. The Hall–Kier alpha value is -1.08. The summed E-state index contributed by atoms with van der Waals surface area (Å²) < 4.78 is 54.0. The quantitative estimate of drug-likeness (QED) is 0.243. The van der Waals surface area contributed by atoms with Crippen LogP contribution in [0.15, 0.2) is 33.8 Å². The van der Waals surface area contributed by atoms with Gasteiger partial charge < -0.3 is 14.2 Å². The molecule has 0 amide bonds. The van der Waals surface area contributed by atoms with Gasteiger partial charge in [0.25, 0.3) is 0 Å². The summed E-state index contributed by atoms with van der Waals surface area (Å²) in [6.07, 6.45) is 1.23. The van der Waals surface area contributed by atoms with Gasteiger partial charge in [0.2, 0.25) is 0 Å². The molecule has 0 aliphatic rings. The van der Waals surface area contributed by atoms with Gasteiger partial charge in [-0.3, -0.25) is 0 Å². The highest BCUT2D eigenvalue weighted by Gasteiger charge is 2.31. The lowest BCUT2D eigenvalue weighted by Crippen LogP contribution is -2.07. The monoisotopic (exact) mass is 502 g/mol. The molecule has 0 aromatic heterocycles. The van der Waals surface area contributed by atoms with Crippen LogP contribution in [0.5, 0.6) is 11.5 Å². The van der Waals surface area contributed by atoms with Crippen molar-refractivity contribution in [3.63, 3.8) is 0 Å². The number of alkyl halides is 3. The number of halogens is 6. The van der Waals surface area contributed by atoms with Gasteiger partial charge >= 0.3 is 6.18 Å². The molecule has 0 aliphatic heterocycles. The number of ether oxygens (including phenoxy) is 3. The molecule has 0 spiro atoms. The summed E-state index contributed by atoms with van der Waals surface area (Å²) in [6.45, 7) is 5.55. The molecule has 0 bridgehead atoms. The average Bonchev–Trinajstić information content (AvgIpc) is 2.71. The first kappa shape index (κ1) is 28.0. The first-order chi connectivity index (χ1) is 14.7. The fourth-order valence-electron chi connectivity index (χ4n) is 2.68. The summed E-state index contributed by atoms with van der Waals surface area (Å²) in [5.41, 5.74) is 2.11. The Bertz CT molecular complexity index is 705. The fraction of sp³-hybridized carbons (Fsp3) is 0.545. The van der Waals surface area contributed by atoms with Gasteiger partial charge in [-0.15, -0.1) is 0 Å². The van der Waals surface area contributed by atoms with Gasteiger partial charge in [-0.1, -0.05) is 54.7 Å². The van der Waals surface area contributed by atoms with E-state index in [1.165, 1.54) is 0 Å². The van der Waals surface area contributed by atoms with Crippen molar-refractivity contribution in [3.05, 3.63) is 44.9 Å². The predicted molar refractivity (Wildman–Crippen MR) is 121 cm³/mol. The van der Waals surface area contributed by atoms with Crippen LogP contribution in [0.25, 0.3) is 0 Å². The first-order valence-corrected chi connectivity index (χ1v) is 11.3. The maximum absolute atomic E-state index is 12.2. The molecule has 9 heteroatoms. The van der Waals surface area contributed by atoms with Crippen LogP contribution in [0.1, 0.15) is 44.2 Å². The molecule has 3 nitrogen and oxygen atoms in total. The molecule has 176 valence electrons. The molecular weight excluding hydrogens is 476 g/mol. The van der Waals surface area contributed by atoms with Crippen LogP contribution < -0.4 is 9.47 Å². The van der Waals surface area contributed by atoms with Crippen LogP contribution in [0.4, 0.5) is 13.2 Å². The Morgan fingerprint density at radius 3 is 2.06 bits per heavy atom. The van der Waals surface area contributed by atoms with Gasteiger partial charge in [-0.05, 0) is 61.4 Å². The topological polar surface area (TPSA) is 27.7 Å². The van der Waals surface area contributed by atoms with E-state index < -0.39 is 11.2 Å². The predicted octanol–water partition coefficient (Wildman–Crippen LogP) is 7.76. The minimum absolute atomic E-state index is 0.121. The minimum Gasteiger partial charge on any atom is -0.493 e. The molecular formula is C22H28Cl3F3O3. The molecule has 0 aliphatic carbocycles. The molecule has 31 heavy (non-hydrogen) atoms. The molecule has 0 fully saturated rings. The lowest BCUT2D eigenvalue weighted by atomic mass is 10.0. The van der Waals surface area contributed by atoms with Crippen LogP contribution in [0.2, 0.25) is 0 Å². The minimum atomic E-state index is -4.49. The molecule has 0 saturated heterocycles. The zero-order valence-corrected chi connectivity index (χ0v) is 19.9. The molecule has 0 saturated carbocycles. The highest BCUT2D eigenvalue weighted by Crippen LogP contribution is 2.31. The molecule has 0 radical (unpaired) electrons. The van der Waals surface area contributed by atoms with E-state index in [2.05, 4.69) is 0 Å². The van der Waals surface area contributed by atoms with E-state index in [0.717, 1.165) is 54.4 Å². The number of hydrogen-bond acceptors (Lipinski definition) is 3. The molecule has 0 atom stereocenters. The summed E-state index contributed by atoms with van der Waals surface area (Å²) in [7, 11) is 0. The molecule has 1 aromatic rings. The fourth-order valence-corrected chi connectivity index (χ4v) is 2.92. The van der Waals surface area contributed by atoms with Crippen molar-refractivity contribution in [3.8, 4) is 11.5 Å². The third kappa shape index (κ3) is 11.4. The van der Waals surface area contributed by atoms with E-state index in [1.807, 2.05) is 26.0 Å². The van der Waals surface area contributed by atoms with Crippen LogP contribution in [0.3, 0.4) is 0 Å². The molecule has 1 aromatic carbocycles. The van der Waals surface area contributed by atoms with Gasteiger partial charge in [-0.2, -0.15) is 13.2 Å². The summed E-state index contributed by atoms with van der Waals surface area (Å²) in [5, 5.41) is -1.11. The third-order valence-electron chi connectivity index (χ3n) is 4.25. The zero-order chi connectivity index (χ0) is 23.3. The van der Waals surface area contributed by atoms with Crippen molar-refractivity contribution in [1.29, 1.82) is 0 Å². The Kier molecular flexibility index (Phi) is 13.4.